The monoisotopic (exact) mass is 221 g/mol. The Bertz CT molecular complexity index is 213. The molecule has 0 saturated carbocycles. The van der Waals surface area contributed by atoms with Crippen molar-refractivity contribution in [3.8, 4) is 0 Å². The van der Waals surface area contributed by atoms with Crippen molar-refractivity contribution in [3.05, 3.63) is 20.8 Å². The molecule has 56 valence electrons. The van der Waals surface area contributed by atoms with Gasteiger partial charge in [0.15, 0.2) is 0 Å². The molecule has 0 aromatic carbocycles. The third kappa shape index (κ3) is 1.58. The van der Waals surface area contributed by atoms with Gasteiger partial charge in [0, 0.05) is 0 Å². The third-order valence-corrected chi connectivity index (χ3v) is 2.98. The SMILES string of the molecule is NC(CO)c1ccsc1Br. The summed E-state index contributed by atoms with van der Waals surface area (Å²) in [6.07, 6.45) is 0. The van der Waals surface area contributed by atoms with Crippen LogP contribution in [0.4, 0.5) is 0 Å². The van der Waals surface area contributed by atoms with Crippen molar-refractivity contribution in [2.75, 3.05) is 6.61 Å². The molecule has 1 aromatic rings. The summed E-state index contributed by atoms with van der Waals surface area (Å²) in [4.78, 5) is 0. The van der Waals surface area contributed by atoms with Crippen molar-refractivity contribution < 1.29 is 5.11 Å². The van der Waals surface area contributed by atoms with Gasteiger partial charge in [0.25, 0.3) is 0 Å². The summed E-state index contributed by atoms with van der Waals surface area (Å²) in [6, 6.07) is 1.66. The largest absolute Gasteiger partial charge is 0.394 e. The molecule has 4 heteroatoms. The molecule has 1 aromatic heterocycles. The number of thiophene rings is 1. The summed E-state index contributed by atoms with van der Waals surface area (Å²) < 4.78 is 1.01. The van der Waals surface area contributed by atoms with Gasteiger partial charge in [-0.15, -0.1) is 11.3 Å². The van der Waals surface area contributed by atoms with Gasteiger partial charge in [-0.3, -0.25) is 0 Å². The zero-order valence-corrected chi connectivity index (χ0v) is 7.65. The van der Waals surface area contributed by atoms with Crippen molar-refractivity contribution in [1.29, 1.82) is 0 Å². The van der Waals surface area contributed by atoms with Crippen molar-refractivity contribution in [1.82, 2.24) is 0 Å². The summed E-state index contributed by atoms with van der Waals surface area (Å²) in [5.74, 6) is 0. The van der Waals surface area contributed by atoms with Gasteiger partial charge in [0.1, 0.15) is 0 Å². The van der Waals surface area contributed by atoms with Crippen LogP contribution in [0.25, 0.3) is 0 Å². The molecule has 0 aliphatic rings. The molecular weight excluding hydrogens is 214 g/mol. The highest BCUT2D eigenvalue weighted by molar-refractivity contribution is 9.11. The van der Waals surface area contributed by atoms with Crippen LogP contribution in [0.2, 0.25) is 0 Å². The van der Waals surface area contributed by atoms with Crippen LogP contribution >= 0.6 is 27.3 Å². The zero-order chi connectivity index (χ0) is 7.56. The second-order valence-corrected chi connectivity index (χ2v) is 4.17. The molecule has 0 aliphatic heterocycles. The highest BCUT2D eigenvalue weighted by atomic mass is 79.9. The van der Waals surface area contributed by atoms with Crippen LogP contribution in [0.3, 0.4) is 0 Å². The average Bonchev–Trinajstić information content (AvgIpc) is 2.34. The zero-order valence-electron chi connectivity index (χ0n) is 5.25. The molecule has 0 aliphatic carbocycles. The van der Waals surface area contributed by atoms with E-state index < -0.39 is 0 Å². The molecule has 0 saturated heterocycles. The summed E-state index contributed by atoms with van der Waals surface area (Å²) in [5, 5.41) is 10.6. The Kier molecular flexibility index (Phi) is 2.85. The molecule has 1 heterocycles. The van der Waals surface area contributed by atoms with Crippen molar-refractivity contribution in [3.63, 3.8) is 0 Å². The molecule has 0 spiro atoms. The van der Waals surface area contributed by atoms with E-state index in [0.29, 0.717) is 0 Å². The maximum Gasteiger partial charge on any atom is 0.0746 e. The van der Waals surface area contributed by atoms with E-state index in [-0.39, 0.29) is 12.6 Å². The van der Waals surface area contributed by atoms with Gasteiger partial charge in [-0.25, -0.2) is 0 Å². The minimum atomic E-state index is -0.249. The van der Waals surface area contributed by atoms with Crippen LogP contribution in [0.1, 0.15) is 11.6 Å². The summed E-state index contributed by atoms with van der Waals surface area (Å²) in [6.45, 7) is -0.00463. The Balaban J connectivity index is 2.82. The molecule has 1 rings (SSSR count). The topological polar surface area (TPSA) is 46.2 Å². The standard InChI is InChI=1S/C6H8BrNOS/c7-6-4(1-2-10-6)5(8)3-9/h1-2,5,9H,3,8H2. The molecule has 2 nitrogen and oxygen atoms in total. The van der Waals surface area contributed by atoms with Crippen LogP contribution in [0.5, 0.6) is 0 Å². The van der Waals surface area contributed by atoms with Crippen molar-refractivity contribution in [2.45, 2.75) is 6.04 Å². The van der Waals surface area contributed by atoms with Crippen LogP contribution in [0, 0.1) is 0 Å². The first-order valence-electron chi connectivity index (χ1n) is 2.85. The number of hydrogen-bond donors (Lipinski definition) is 2. The van der Waals surface area contributed by atoms with E-state index >= 15 is 0 Å². The Morgan fingerprint density at radius 3 is 2.90 bits per heavy atom. The highest BCUT2D eigenvalue weighted by Gasteiger charge is 2.08. The lowest BCUT2D eigenvalue weighted by molar-refractivity contribution is 0.268. The Hall–Kier alpha value is 0.100. The van der Waals surface area contributed by atoms with E-state index in [9.17, 15) is 0 Å². The van der Waals surface area contributed by atoms with E-state index in [4.69, 9.17) is 10.8 Å². The minimum Gasteiger partial charge on any atom is -0.394 e. The number of hydrogen-bond acceptors (Lipinski definition) is 3. The fourth-order valence-corrected chi connectivity index (χ4v) is 2.11. The van der Waals surface area contributed by atoms with Gasteiger partial charge in [-0.05, 0) is 32.9 Å². The molecule has 1 atom stereocenters. The number of nitrogens with two attached hydrogens (primary N) is 1. The highest BCUT2D eigenvalue weighted by Crippen LogP contribution is 2.27. The maximum atomic E-state index is 8.69. The average molecular weight is 222 g/mol. The molecule has 0 bridgehead atoms. The molecule has 3 N–H and O–H groups in total. The predicted octanol–water partition coefficient (Wildman–Crippen LogP) is 1.50. The van der Waals surface area contributed by atoms with Crippen molar-refractivity contribution in [2.24, 2.45) is 5.73 Å². The van der Waals surface area contributed by atoms with Gasteiger partial charge < -0.3 is 10.8 Å². The van der Waals surface area contributed by atoms with Crippen molar-refractivity contribution >= 4 is 27.3 Å². The lowest BCUT2D eigenvalue weighted by atomic mass is 10.2. The number of halogens is 1. The molecule has 10 heavy (non-hydrogen) atoms. The number of aliphatic hydroxyl groups is 1. The summed E-state index contributed by atoms with van der Waals surface area (Å²) in [5.41, 5.74) is 6.55. The quantitative estimate of drug-likeness (QED) is 0.796. The second-order valence-electron chi connectivity index (χ2n) is 1.94. The molecule has 1 unspecified atom stereocenters. The van der Waals surface area contributed by atoms with Gasteiger partial charge >= 0.3 is 0 Å². The molecule has 0 fully saturated rings. The normalized spacial score (nSPS) is 13.5. The summed E-state index contributed by atoms with van der Waals surface area (Å²) in [7, 11) is 0. The Morgan fingerprint density at radius 1 is 1.80 bits per heavy atom. The molecule has 0 amide bonds. The Labute approximate surface area is 71.8 Å². The summed E-state index contributed by atoms with van der Waals surface area (Å²) >= 11 is 4.91. The van der Waals surface area contributed by atoms with Gasteiger partial charge in [0.2, 0.25) is 0 Å². The second kappa shape index (κ2) is 3.48. The van der Waals surface area contributed by atoms with E-state index in [1.807, 2.05) is 11.4 Å². The fraction of sp³-hybridized carbons (Fsp3) is 0.333. The first-order valence-corrected chi connectivity index (χ1v) is 4.52. The molecular formula is C6H8BrNOS. The van der Waals surface area contributed by atoms with Crippen LogP contribution in [-0.4, -0.2) is 11.7 Å². The van der Waals surface area contributed by atoms with Gasteiger partial charge in [0.05, 0.1) is 16.4 Å². The maximum absolute atomic E-state index is 8.69. The first-order chi connectivity index (χ1) is 4.75. The van der Waals surface area contributed by atoms with E-state index in [0.717, 1.165) is 9.35 Å². The van der Waals surface area contributed by atoms with Crippen LogP contribution in [0.15, 0.2) is 15.2 Å². The van der Waals surface area contributed by atoms with E-state index in [2.05, 4.69) is 15.9 Å². The Morgan fingerprint density at radius 2 is 2.50 bits per heavy atom. The van der Waals surface area contributed by atoms with E-state index in [1.54, 1.807) is 11.3 Å². The first kappa shape index (κ1) is 8.20. The third-order valence-electron chi connectivity index (χ3n) is 1.24. The predicted molar refractivity (Wildman–Crippen MR) is 46.0 cm³/mol. The van der Waals surface area contributed by atoms with Crippen LogP contribution < -0.4 is 5.73 Å². The lowest BCUT2D eigenvalue weighted by Gasteiger charge is -2.04. The van der Waals surface area contributed by atoms with E-state index in [1.165, 1.54) is 0 Å². The number of aliphatic hydroxyl groups excluding tert-OH is 1. The fourth-order valence-electron chi connectivity index (χ4n) is 0.668. The molecule has 0 radical (unpaired) electrons. The van der Waals surface area contributed by atoms with Crippen LogP contribution in [-0.2, 0) is 0 Å². The minimum absolute atomic E-state index is 0.00463. The smallest absolute Gasteiger partial charge is 0.0746 e. The van der Waals surface area contributed by atoms with Gasteiger partial charge in [-0.2, -0.15) is 0 Å². The van der Waals surface area contributed by atoms with Gasteiger partial charge in [-0.1, -0.05) is 0 Å². The lowest BCUT2D eigenvalue weighted by Crippen LogP contribution is -2.13. The number of rotatable bonds is 2.